The molecule has 7 nitrogen and oxygen atoms in total. The molecule has 0 radical (unpaired) electrons. The van der Waals surface area contributed by atoms with E-state index in [0.717, 1.165) is 37.6 Å². The Labute approximate surface area is 179 Å². The van der Waals surface area contributed by atoms with Crippen LogP contribution >= 0.6 is 11.6 Å². The van der Waals surface area contributed by atoms with Crippen LogP contribution in [-0.2, 0) is 4.74 Å². The summed E-state index contributed by atoms with van der Waals surface area (Å²) in [7, 11) is 0. The van der Waals surface area contributed by atoms with Crippen LogP contribution in [0, 0.1) is 0 Å². The first-order valence-corrected chi connectivity index (χ1v) is 10.2. The number of anilines is 2. The molecule has 2 heterocycles. The predicted octanol–water partition coefficient (Wildman–Crippen LogP) is 3.05. The van der Waals surface area contributed by atoms with Gasteiger partial charge in [-0.3, -0.25) is 9.80 Å². The van der Waals surface area contributed by atoms with Gasteiger partial charge in [-0.05, 0) is 36.8 Å². The number of fused-ring (bicyclic) bond motifs is 1. The van der Waals surface area contributed by atoms with E-state index in [4.69, 9.17) is 27.9 Å². The average molecular weight is 426 g/mol. The number of hydrazine groups is 1. The Bertz CT molecular complexity index is 1120. The first kappa shape index (κ1) is 20.3. The quantitative estimate of drug-likeness (QED) is 0.438. The largest absolute Gasteiger partial charge is 0.397 e. The highest BCUT2D eigenvalue weighted by molar-refractivity contribution is 6.30. The molecular weight excluding hydrogens is 402 g/mol. The van der Waals surface area contributed by atoms with Gasteiger partial charge < -0.3 is 20.4 Å². The standard InChI is InChI=1S/C22H24ClN5O2/c23-15-5-7-16(8-6-15)28(25)14-19(24)17-3-1-4-18-20(29)13-21(26-22(17)18)27-9-2-11-30-12-10-27/h1,3-8,13-14H,2,9-12,24-25H2,(H,26,29)/b19-14-. The van der Waals surface area contributed by atoms with Crippen molar-refractivity contribution in [2.45, 2.75) is 6.42 Å². The molecule has 30 heavy (non-hydrogen) atoms. The number of para-hydroxylation sites is 1. The molecule has 1 saturated heterocycles. The van der Waals surface area contributed by atoms with E-state index in [1.54, 1.807) is 42.6 Å². The average Bonchev–Trinajstić information content (AvgIpc) is 3.03. The maximum Gasteiger partial charge on any atom is 0.191 e. The first-order valence-electron chi connectivity index (χ1n) is 9.79. The van der Waals surface area contributed by atoms with Crippen molar-refractivity contribution < 1.29 is 4.74 Å². The van der Waals surface area contributed by atoms with Crippen LogP contribution in [0.5, 0.6) is 0 Å². The van der Waals surface area contributed by atoms with Crippen molar-refractivity contribution in [3.63, 3.8) is 0 Å². The van der Waals surface area contributed by atoms with Gasteiger partial charge in [-0.15, -0.1) is 0 Å². The lowest BCUT2D eigenvalue weighted by Crippen LogP contribution is -2.28. The summed E-state index contributed by atoms with van der Waals surface area (Å²) >= 11 is 5.94. The van der Waals surface area contributed by atoms with Crippen LogP contribution in [0.1, 0.15) is 12.0 Å². The van der Waals surface area contributed by atoms with Crippen molar-refractivity contribution in [3.05, 3.63) is 75.5 Å². The molecule has 0 bridgehead atoms. The number of halogens is 1. The zero-order valence-corrected chi connectivity index (χ0v) is 17.2. The van der Waals surface area contributed by atoms with Crippen LogP contribution in [0.3, 0.4) is 0 Å². The third-order valence-corrected chi connectivity index (χ3v) is 5.38. The Morgan fingerprint density at radius 3 is 2.77 bits per heavy atom. The summed E-state index contributed by atoms with van der Waals surface area (Å²) in [6.07, 6.45) is 2.54. The fourth-order valence-electron chi connectivity index (χ4n) is 3.56. The molecule has 1 aliphatic heterocycles. The van der Waals surface area contributed by atoms with E-state index in [1.807, 2.05) is 12.1 Å². The predicted molar refractivity (Wildman–Crippen MR) is 123 cm³/mol. The fraction of sp³-hybridized carbons (Fsp3) is 0.227. The lowest BCUT2D eigenvalue weighted by atomic mass is 10.1. The van der Waals surface area contributed by atoms with E-state index in [0.29, 0.717) is 33.8 Å². The highest BCUT2D eigenvalue weighted by Gasteiger charge is 2.15. The number of nitrogens with two attached hydrogens (primary N) is 2. The highest BCUT2D eigenvalue weighted by atomic mass is 35.5. The van der Waals surface area contributed by atoms with Gasteiger partial charge in [0.1, 0.15) is 5.82 Å². The van der Waals surface area contributed by atoms with Crippen LogP contribution in [0.15, 0.2) is 59.5 Å². The molecule has 5 N–H and O–H groups in total. The van der Waals surface area contributed by atoms with Gasteiger partial charge in [-0.1, -0.05) is 23.7 Å². The van der Waals surface area contributed by atoms with Crippen LogP contribution in [-0.4, -0.2) is 31.3 Å². The van der Waals surface area contributed by atoms with Gasteiger partial charge in [0.2, 0.25) is 0 Å². The monoisotopic (exact) mass is 425 g/mol. The lowest BCUT2D eigenvalue weighted by Gasteiger charge is -2.22. The lowest BCUT2D eigenvalue weighted by molar-refractivity contribution is 0.152. The second-order valence-electron chi connectivity index (χ2n) is 7.17. The van der Waals surface area contributed by atoms with Gasteiger partial charge in [-0.2, -0.15) is 0 Å². The number of ether oxygens (including phenoxy) is 1. The van der Waals surface area contributed by atoms with Gasteiger partial charge in [0.25, 0.3) is 0 Å². The normalized spacial score (nSPS) is 15.3. The van der Waals surface area contributed by atoms with Crippen molar-refractivity contribution in [1.82, 2.24) is 4.98 Å². The number of hydrogen-bond acceptors (Lipinski definition) is 6. The molecule has 8 heteroatoms. The second-order valence-corrected chi connectivity index (χ2v) is 7.60. The van der Waals surface area contributed by atoms with Gasteiger partial charge in [0, 0.05) is 47.9 Å². The van der Waals surface area contributed by atoms with E-state index in [9.17, 15) is 4.79 Å². The second kappa shape index (κ2) is 8.79. The number of nitrogens with zero attached hydrogens (tertiary/aromatic N) is 2. The molecule has 1 aromatic heterocycles. The number of nitrogens with one attached hydrogen (secondary N) is 1. The Kier molecular flexibility index (Phi) is 5.94. The molecule has 0 amide bonds. The smallest absolute Gasteiger partial charge is 0.191 e. The maximum absolute atomic E-state index is 12.8. The van der Waals surface area contributed by atoms with Crippen LogP contribution in [0.4, 0.5) is 11.5 Å². The van der Waals surface area contributed by atoms with Gasteiger partial charge in [-0.25, -0.2) is 5.84 Å². The van der Waals surface area contributed by atoms with Gasteiger partial charge >= 0.3 is 0 Å². The molecule has 0 aliphatic carbocycles. The summed E-state index contributed by atoms with van der Waals surface area (Å²) in [6, 6.07) is 14.2. The van der Waals surface area contributed by atoms with Gasteiger partial charge in [0.05, 0.1) is 23.5 Å². The van der Waals surface area contributed by atoms with E-state index in [-0.39, 0.29) is 5.43 Å². The minimum atomic E-state index is -0.0547. The number of rotatable bonds is 4. The Balaban J connectivity index is 1.74. The third kappa shape index (κ3) is 4.28. The summed E-state index contributed by atoms with van der Waals surface area (Å²) in [5.41, 5.74) is 8.90. The highest BCUT2D eigenvalue weighted by Crippen LogP contribution is 2.24. The van der Waals surface area contributed by atoms with Crippen LogP contribution < -0.4 is 26.9 Å². The Morgan fingerprint density at radius 1 is 1.17 bits per heavy atom. The Hall–Kier alpha value is -3.00. The SMILES string of the molecule is N/C(=C\N(N)c1ccc(Cl)cc1)c1cccc2c(=O)cc(N3CCCOCC3)[nH]c12. The summed E-state index contributed by atoms with van der Waals surface area (Å²) in [6.45, 7) is 2.91. The van der Waals surface area contributed by atoms with E-state index >= 15 is 0 Å². The molecule has 3 aromatic rings. The summed E-state index contributed by atoms with van der Waals surface area (Å²) in [5.74, 6) is 6.93. The maximum atomic E-state index is 12.8. The minimum Gasteiger partial charge on any atom is -0.397 e. The third-order valence-electron chi connectivity index (χ3n) is 5.13. The van der Waals surface area contributed by atoms with Crippen molar-refractivity contribution in [3.8, 4) is 0 Å². The van der Waals surface area contributed by atoms with E-state index in [1.165, 1.54) is 5.01 Å². The van der Waals surface area contributed by atoms with E-state index in [2.05, 4.69) is 9.88 Å². The van der Waals surface area contributed by atoms with Crippen molar-refractivity contribution in [1.29, 1.82) is 0 Å². The Morgan fingerprint density at radius 2 is 1.97 bits per heavy atom. The minimum absolute atomic E-state index is 0.0547. The zero-order valence-electron chi connectivity index (χ0n) is 16.5. The molecule has 0 spiro atoms. The van der Waals surface area contributed by atoms with Crippen molar-refractivity contribution in [2.24, 2.45) is 11.6 Å². The van der Waals surface area contributed by atoms with Gasteiger partial charge in [0.15, 0.2) is 5.43 Å². The van der Waals surface area contributed by atoms with Crippen molar-refractivity contribution in [2.75, 3.05) is 36.2 Å². The molecule has 0 saturated carbocycles. The zero-order chi connectivity index (χ0) is 21.1. The number of benzene rings is 2. The number of aromatic nitrogens is 1. The number of aromatic amines is 1. The topological polar surface area (TPSA) is 101 Å². The number of H-pyrrole nitrogens is 1. The summed E-state index contributed by atoms with van der Waals surface area (Å²) in [5, 5.41) is 2.63. The number of pyridine rings is 1. The van der Waals surface area contributed by atoms with Crippen LogP contribution in [0.2, 0.25) is 5.02 Å². The molecule has 1 fully saturated rings. The number of hydrogen-bond donors (Lipinski definition) is 3. The molecule has 2 aromatic carbocycles. The van der Waals surface area contributed by atoms with E-state index < -0.39 is 0 Å². The molecule has 4 rings (SSSR count). The molecule has 0 atom stereocenters. The molecular formula is C22H24ClN5O2. The summed E-state index contributed by atoms with van der Waals surface area (Å²) in [4.78, 5) is 18.3. The van der Waals surface area contributed by atoms with Crippen LogP contribution in [0.25, 0.3) is 16.6 Å². The van der Waals surface area contributed by atoms with Crippen molar-refractivity contribution >= 4 is 39.7 Å². The summed E-state index contributed by atoms with van der Waals surface area (Å²) < 4.78 is 5.53. The molecule has 0 unspecified atom stereocenters. The first-order chi connectivity index (χ1) is 14.5. The fourth-order valence-corrected chi connectivity index (χ4v) is 3.69. The molecule has 1 aliphatic rings. The molecule has 156 valence electrons.